The van der Waals surface area contributed by atoms with E-state index in [-0.39, 0.29) is 11.6 Å². The lowest BCUT2D eigenvalue weighted by atomic mass is 9.82. The number of hydrogen-bond donors (Lipinski definition) is 1. The number of aryl methyl sites for hydroxylation is 1. The Bertz CT molecular complexity index is 330. The number of nitrogens with zero attached hydrogens (tertiary/aromatic N) is 1. The second kappa shape index (κ2) is 6.91. The van der Waals surface area contributed by atoms with Crippen LogP contribution in [-0.2, 0) is 6.42 Å². The minimum atomic E-state index is -0.275. The van der Waals surface area contributed by atoms with Crippen molar-refractivity contribution in [2.75, 3.05) is 14.1 Å². The van der Waals surface area contributed by atoms with Crippen molar-refractivity contribution in [2.24, 2.45) is 0 Å². The second-order valence-electron chi connectivity index (χ2n) is 5.25. The maximum absolute atomic E-state index is 10.5. The van der Waals surface area contributed by atoms with Gasteiger partial charge in [-0.1, -0.05) is 44.2 Å². The zero-order chi connectivity index (χ0) is 13.6. The highest BCUT2D eigenvalue weighted by molar-refractivity contribution is 5.15. The average Bonchev–Trinajstić information content (AvgIpc) is 2.39. The van der Waals surface area contributed by atoms with Crippen LogP contribution in [0.4, 0.5) is 0 Å². The lowest BCUT2D eigenvalue weighted by Crippen LogP contribution is -2.52. The van der Waals surface area contributed by atoms with Gasteiger partial charge < -0.3 is 10.0 Å². The summed E-state index contributed by atoms with van der Waals surface area (Å²) in [5, 5.41) is 10.5. The molecule has 0 aliphatic carbocycles. The van der Waals surface area contributed by atoms with E-state index in [4.69, 9.17) is 0 Å². The normalized spacial score (nSPS) is 13.9. The number of aliphatic hydroxyl groups is 1. The molecule has 0 heterocycles. The van der Waals surface area contributed by atoms with E-state index >= 15 is 0 Å². The predicted octanol–water partition coefficient (Wildman–Crippen LogP) is 3.10. The van der Waals surface area contributed by atoms with Gasteiger partial charge in [-0.15, -0.1) is 0 Å². The van der Waals surface area contributed by atoms with Gasteiger partial charge in [-0.2, -0.15) is 0 Å². The third kappa shape index (κ3) is 3.33. The first-order valence-corrected chi connectivity index (χ1v) is 6.96. The Labute approximate surface area is 112 Å². The Kier molecular flexibility index (Phi) is 5.83. The van der Waals surface area contributed by atoms with Gasteiger partial charge in [0.15, 0.2) is 0 Å². The molecule has 1 rings (SSSR count). The van der Waals surface area contributed by atoms with Crippen LogP contribution in [0.2, 0.25) is 0 Å². The number of aliphatic hydroxyl groups excluding tert-OH is 1. The average molecular weight is 249 g/mol. The van der Waals surface area contributed by atoms with E-state index in [0.717, 1.165) is 25.7 Å². The fourth-order valence-electron chi connectivity index (χ4n) is 2.87. The van der Waals surface area contributed by atoms with Gasteiger partial charge in [0.25, 0.3) is 0 Å². The van der Waals surface area contributed by atoms with Gasteiger partial charge in [-0.25, -0.2) is 0 Å². The zero-order valence-electron chi connectivity index (χ0n) is 12.2. The van der Waals surface area contributed by atoms with E-state index in [0.29, 0.717) is 0 Å². The highest BCUT2D eigenvalue weighted by Crippen LogP contribution is 2.28. The van der Waals surface area contributed by atoms with Gasteiger partial charge in [-0.05, 0) is 45.3 Å². The van der Waals surface area contributed by atoms with E-state index < -0.39 is 0 Å². The first kappa shape index (κ1) is 15.2. The lowest BCUT2D eigenvalue weighted by Gasteiger charge is -2.42. The quantitative estimate of drug-likeness (QED) is 0.802. The van der Waals surface area contributed by atoms with Crippen LogP contribution in [0.3, 0.4) is 0 Å². The van der Waals surface area contributed by atoms with Crippen molar-refractivity contribution in [3.05, 3.63) is 35.9 Å². The monoisotopic (exact) mass is 249 g/mol. The largest absolute Gasteiger partial charge is 0.391 e. The minimum absolute atomic E-state index is 0.0885. The third-order valence-electron chi connectivity index (χ3n) is 4.28. The molecule has 0 saturated heterocycles. The van der Waals surface area contributed by atoms with Gasteiger partial charge >= 0.3 is 0 Å². The first-order valence-electron chi connectivity index (χ1n) is 6.96. The summed E-state index contributed by atoms with van der Waals surface area (Å²) in [5.41, 5.74) is 1.21. The van der Waals surface area contributed by atoms with Crippen LogP contribution >= 0.6 is 0 Å². The second-order valence-corrected chi connectivity index (χ2v) is 5.25. The molecule has 0 aliphatic rings. The Hall–Kier alpha value is -0.860. The van der Waals surface area contributed by atoms with Crippen LogP contribution in [0.1, 0.15) is 38.7 Å². The summed E-state index contributed by atoms with van der Waals surface area (Å²) < 4.78 is 0. The molecular weight excluding hydrogens is 222 g/mol. The van der Waals surface area contributed by atoms with E-state index in [2.05, 4.69) is 57.1 Å². The molecule has 102 valence electrons. The fraction of sp³-hybridized carbons (Fsp3) is 0.625. The standard InChI is InChI=1S/C16H27NO/c1-5-16(6-2,17(3)4)15(18)13-12-14-10-8-7-9-11-14/h7-11,15,18H,5-6,12-13H2,1-4H3. The van der Waals surface area contributed by atoms with Gasteiger partial charge in [0.1, 0.15) is 0 Å². The summed E-state index contributed by atoms with van der Waals surface area (Å²) >= 11 is 0. The molecule has 0 bridgehead atoms. The van der Waals surface area contributed by atoms with Crippen molar-refractivity contribution in [1.29, 1.82) is 0 Å². The topological polar surface area (TPSA) is 23.5 Å². The molecule has 1 N–H and O–H groups in total. The highest BCUT2D eigenvalue weighted by atomic mass is 16.3. The number of benzene rings is 1. The van der Waals surface area contributed by atoms with Gasteiger partial charge in [0.2, 0.25) is 0 Å². The molecule has 18 heavy (non-hydrogen) atoms. The maximum atomic E-state index is 10.5. The summed E-state index contributed by atoms with van der Waals surface area (Å²) in [4.78, 5) is 2.18. The number of hydrogen-bond acceptors (Lipinski definition) is 2. The summed E-state index contributed by atoms with van der Waals surface area (Å²) in [6.07, 6.45) is 3.45. The number of rotatable bonds is 7. The van der Waals surface area contributed by atoms with Crippen LogP contribution in [0.15, 0.2) is 30.3 Å². The Morgan fingerprint density at radius 1 is 1.11 bits per heavy atom. The molecule has 1 atom stereocenters. The molecule has 0 saturated carbocycles. The molecule has 0 radical (unpaired) electrons. The van der Waals surface area contributed by atoms with Crippen LogP contribution in [0.5, 0.6) is 0 Å². The van der Waals surface area contributed by atoms with Crippen molar-refractivity contribution in [2.45, 2.75) is 51.2 Å². The van der Waals surface area contributed by atoms with Gasteiger partial charge in [0, 0.05) is 5.54 Å². The number of likely N-dealkylation sites (N-methyl/N-ethyl adjacent to an activating group) is 1. The van der Waals surface area contributed by atoms with E-state index in [1.54, 1.807) is 0 Å². The first-order chi connectivity index (χ1) is 8.56. The highest BCUT2D eigenvalue weighted by Gasteiger charge is 2.36. The molecular formula is C16H27NO. The van der Waals surface area contributed by atoms with E-state index in [1.807, 2.05) is 6.07 Å². The molecule has 2 nitrogen and oxygen atoms in total. The van der Waals surface area contributed by atoms with Crippen LogP contribution in [0.25, 0.3) is 0 Å². The summed E-state index contributed by atoms with van der Waals surface area (Å²) in [6, 6.07) is 10.4. The van der Waals surface area contributed by atoms with Crippen molar-refractivity contribution >= 4 is 0 Å². The molecule has 1 unspecified atom stereocenters. The zero-order valence-corrected chi connectivity index (χ0v) is 12.2. The molecule has 0 spiro atoms. The molecule has 0 aromatic heterocycles. The Morgan fingerprint density at radius 3 is 2.11 bits per heavy atom. The lowest BCUT2D eigenvalue weighted by molar-refractivity contribution is -0.0173. The van der Waals surface area contributed by atoms with Crippen LogP contribution < -0.4 is 0 Å². The van der Waals surface area contributed by atoms with Crippen molar-refractivity contribution in [1.82, 2.24) is 4.90 Å². The van der Waals surface area contributed by atoms with Gasteiger partial charge in [0.05, 0.1) is 6.10 Å². The molecule has 1 aromatic rings. The maximum Gasteiger partial charge on any atom is 0.0726 e. The molecule has 0 fully saturated rings. The summed E-state index contributed by atoms with van der Waals surface area (Å²) in [5.74, 6) is 0. The molecule has 0 amide bonds. The van der Waals surface area contributed by atoms with Crippen LogP contribution in [-0.4, -0.2) is 35.7 Å². The van der Waals surface area contributed by atoms with Crippen molar-refractivity contribution < 1.29 is 5.11 Å². The van der Waals surface area contributed by atoms with E-state index in [1.165, 1.54) is 5.56 Å². The van der Waals surface area contributed by atoms with Crippen molar-refractivity contribution in [3.8, 4) is 0 Å². The third-order valence-corrected chi connectivity index (χ3v) is 4.28. The van der Waals surface area contributed by atoms with Crippen molar-refractivity contribution in [3.63, 3.8) is 0 Å². The molecule has 0 aliphatic heterocycles. The minimum Gasteiger partial charge on any atom is -0.391 e. The van der Waals surface area contributed by atoms with E-state index in [9.17, 15) is 5.11 Å². The SMILES string of the molecule is CCC(CC)(C(O)CCc1ccccc1)N(C)C. The molecule has 2 heteroatoms. The predicted molar refractivity (Wildman–Crippen MR) is 77.8 cm³/mol. The molecule has 1 aromatic carbocycles. The Morgan fingerprint density at radius 2 is 1.67 bits per heavy atom. The summed E-state index contributed by atoms with van der Waals surface area (Å²) in [7, 11) is 4.14. The summed E-state index contributed by atoms with van der Waals surface area (Å²) in [6.45, 7) is 4.32. The Balaban J connectivity index is 2.65. The van der Waals surface area contributed by atoms with Crippen LogP contribution in [0, 0.1) is 0 Å². The van der Waals surface area contributed by atoms with Gasteiger partial charge in [-0.3, -0.25) is 0 Å². The fourth-order valence-corrected chi connectivity index (χ4v) is 2.87. The smallest absolute Gasteiger partial charge is 0.0726 e.